The number of hydrogen-bond acceptors (Lipinski definition) is 4. The van der Waals surface area contributed by atoms with Crippen LogP contribution in [-0.4, -0.2) is 69.4 Å². The fourth-order valence-corrected chi connectivity index (χ4v) is 4.50. The van der Waals surface area contributed by atoms with Gasteiger partial charge >= 0.3 is 6.03 Å². The molecule has 1 saturated carbocycles. The summed E-state index contributed by atoms with van der Waals surface area (Å²) in [6.07, 6.45) is 5.64. The third-order valence-corrected chi connectivity index (χ3v) is 6.86. The number of hydrogen-bond donors (Lipinski definition) is 2. The highest BCUT2D eigenvalue weighted by molar-refractivity contribution is 7.89. The molecule has 0 bridgehead atoms. The zero-order chi connectivity index (χ0) is 20.1. The Balaban J connectivity index is 1.56. The van der Waals surface area contributed by atoms with Gasteiger partial charge in [0.2, 0.25) is 10.0 Å². The Morgan fingerprint density at radius 1 is 1.00 bits per heavy atom. The number of rotatable bonds is 4. The number of benzene rings is 1. The zero-order valence-electron chi connectivity index (χ0n) is 16.2. The molecule has 0 aromatic heterocycles. The normalized spacial score (nSPS) is 18.8. The van der Waals surface area contributed by atoms with E-state index in [2.05, 4.69) is 10.0 Å². The standard InChI is InChI=1S/C19H28N4O4S/c1-20-28(26,27)17-9-5-6-15(14-17)18(24)22-10-12-23(13-11-22)19(25)21-16-7-3-2-4-8-16/h5-6,9,14,16,20H,2-4,7-8,10-13H2,1H3,(H,21,25). The summed E-state index contributed by atoms with van der Waals surface area (Å²) in [6, 6.07) is 6.22. The minimum absolute atomic E-state index is 0.0545. The van der Waals surface area contributed by atoms with Crippen LogP contribution in [-0.2, 0) is 10.0 Å². The molecule has 0 unspecified atom stereocenters. The second-order valence-electron chi connectivity index (χ2n) is 7.30. The van der Waals surface area contributed by atoms with E-state index in [1.54, 1.807) is 21.9 Å². The fraction of sp³-hybridized carbons (Fsp3) is 0.579. The van der Waals surface area contributed by atoms with Crippen molar-refractivity contribution in [2.75, 3.05) is 33.2 Å². The van der Waals surface area contributed by atoms with Crippen molar-refractivity contribution < 1.29 is 18.0 Å². The molecule has 28 heavy (non-hydrogen) atoms. The van der Waals surface area contributed by atoms with Crippen molar-refractivity contribution in [1.82, 2.24) is 19.8 Å². The van der Waals surface area contributed by atoms with E-state index in [1.807, 2.05) is 0 Å². The van der Waals surface area contributed by atoms with E-state index in [1.165, 1.54) is 25.6 Å². The Labute approximate surface area is 166 Å². The lowest BCUT2D eigenvalue weighted by molar-refractivity contribution is 0.0662. The highest BCUT2D eigenvalue weighted by Gasteiger charge is 2.27. The van der Waals surface area contributed by atoms with Gasteiger partial charge in [0.15, 0.2) is 0 Å². The maximum Gasteiger partial charge on any atom is 0.317 e. The maximum absolute atomic E-state index is 12.8. The molecule has 1 aromatic carbocycles. The number of piperazine rings is 1. The van der Waals surface area contributed by atoms with Gasteiger partial charge < -0.3 is 15.1 Å². The molecule has 1 aliphatic heterocycles. The average Bonchev–Trinajstić information content (AvgIpc) is 2.74. The Kier molecular flexibility index (Phi) is 6.56. The van der Waals surface area contributed by atoms with Crippen LogP contribution < -0.4 is 10.0 Å². The van der Waals surface area contributed by atoms with E-state index in [4.69, 9.17) is 0 Å². The molecule has 2 N–H and O–H groups in total. The SMILES string of the molecule is CNS(=O)(=O)c1cccc(C(=O)N2CCN(C(=O)NC3CCCCC3)CC2)c1. The lowest BCUT2D eigenvalue weighted by atomic mass is 9.96. The van der Waals surface area contributed by atoms with Crippen molar-refractivity contribution in [3.8, 4) is 0 Å². The van der Waals surface area contributed by atoms with E-state index in [0.717, 1.165) is 25.7 Å². The molecule has 2 aliphatic rings. The summed E-state index contributed by atoms with van der Waals surface area (Å²) in [6.45, 7) is 1.80. The molecule has 9 heteroatoms. The van der Waals surface area contributed by atoms with Crippen LogP contribution in [0.5, 0.6) is 0 Å². The number of carbonyl (C=O) groups is 2. The Morgan fingerprint density at radius 2 is 1.64 bits per heavy atom. The lowest BCUT2D eigenvalue weighted by Gasteiger charge is -2.36. The van der Waals surface area contributed by atoms with E-state index in [-0.39, 0.29) is 22.9 Å². The lowest BCUT2D eigenvalue weighted by Crippen LogP contribution is -2.54. The Morgan fingerprint density at radius 3 is 2.29 bits per heavy atom. The summed E-state index contributed by atoms with van der Waals surface area (Å²) in [5.74, 6) is -0.222. The molecule has 2 fully saturated rings. The molecule has 3 rings (SSSR count). The molecule has 1 heterocycles. The smallest absolute Gasteiger partial charge is 0.317 e. The van der Waals surface area contributed by atoms with Gasteiger partial charge in [-0.2, -0.15) is 0 Å². The van der Waals surface area contributed by atoms with Crippen LogP contribution in [0.1, 0.15) is 42.5 Å². The maximum atomic E-state index is 12.8. The van der Waals surface area contributed by atoms with Gasteiger partial charge in [-0.25, -0.2) is 17.9 Å². The molecule has 1 aromatic rings. The minimum atomic E-state index is -3.60. The number of urea groups is 1. The molecule has 0 atom stereocenters. The first-order chi connectivity index (χ1) is 13.4. The Hall–Kier alpha value is -2.13. The first-order valence-corrected chi connectivity index (χ1v) is 11.3. The van der Waals surface area contributed by atoms with Crippen LogP contribution in [0.15, 0.2) is 29.2 Å². The highest BCUT2D eigenvalue weighted by atomic mass is 32.2. The predicted octanol–water partition coefficient (Wildman–Crippen LogP) is 1.39. The first-order valence-electron chi connectivity index (χ1n) is 9.79. The molecule has 1 saturated heterocycles. The summed E-state index contributed by atoms with van der Waals surface area (Å²) in [4.78, 5) is 28.7. The third kappa shape index (κ3) is 4.82. The van der Waals surface area contributed by atoms with Crippen molar-refractivity contribution in [1.29, 1.82) is 0 Å². The summed E-state index contributed by atoms with van der Waals surface area (Å²) in [5, 5.41) is 3.10. The number of amides is 3. The van der Waals surface area contributed by atoms with E-state index < -0.39 is 10.0 Å². The summed E-state index contributed by atoms with van der Waals surface area (Å²) < 4.78 is 26.1. The first kappa shape index (κ1) is 20.6. The van der Waals surface area contributed by atoms with Crippen molar-refractivity contribution in [3.05, 3.63) is 29.8 Å². The summed E-state index contributed by atoms with van der Waals surface area (Å²) >= 11 is 0. The third-order valence-electron chi connectivity index (χ3n) is 5.45. The van der Waals surface area contributed by atoms with Crippen LogP contribution in [0.2, 0.25) is 0 Å². The van der Waals surface area contributed by atoms with Gasteiger partial charge in [0, 0.05) is 37.8 Å². The molecule has 8 nitrogen and oxygen atoms in total. The van der Waals surface area contributed by atoms with Crippen molar-refractivity contribution >= 4 is 22.0 Å². The molecular formula is C19H28N4O4S. The van der Waals surface area contributed by atoms with E-state index in [0.29, 0.717) is 31.7 Å². The van der Waals surface area contributed by atoms with Gasteiger partial charge in [0.05, 0.1) is 4.90 Å². The van der Waals surface area contributed by atoms with Gasteiger partial charge in [0.1, 0.15) is 0 Å². The highest BCUT2D eigenvalue weighted by Crippen LogP contribution is 2.18. The molecule has 0 radical (unpaired) electrons. The predicted molar refractivity (Wildman–Crippen MR) is 106 cm³/mol. The van der Waals surface area contributed by atoms with Gasteiger partial charge in [0.25, 0.3) is 5.91 Å². The Bertz CT molecular complexity index is 813. The molecule has 154 valence electrons. The number of nitrogens with one attached hydrogen (secondary N) is 2. The fourth-order valence-electron chi connectivity index (χ4n) is 3.72. The molecule has 3 amide bonds. The van der Waals surface area contributed by atoms with Gasteiger partial charge in [-0.05, 0) is 38.1 Å². The van der Waals surface area contributed by atoms with Crippen LogP contribution >= 0.6 is 0 Å². The van der Waals surface area contributed by atoms with Gasteiger partial charge in [-0.1, -0.05) is 25.3 Å². The zero-order valence-corrected chi connectivity index (χ0v) is 17.0. The van der Waals surface area contributed by atoms with Crippen molar-refractivity contribution in [2.45, 2.75) is 43.0 Å². The number of carbonyl (C=O) groups excluding carboxylic acids is 2. The second kappa shape index (κ2) is 8.91. The largest absolute Gasteiger partial charge is 0.335 e. The van der Waals surface area contributed by atoms with E-state index >= 15 is 0 Å². The molecular weight excluding hydrogens is 380 g/mol. The number of sulfonamides is 1. The van der Waals surface area contributed by atoms with Crippen LogP contribution in [0.3, 0.4) is 0 Å². The van der Waals surface area contributed by atoms with Crippen molar-refractivity contribution in [3.63, 3.8) is 0 Å². The van der Waals surface area contributed by atoms with Crippen LogP contribution in [0.4, 0.5) is 4.79 Å². The minimum Gasteiger partial charge on any atom is -0.335 e. The number of nitrogens with zero attached hydrogens (tertiary/aromatic N) is 2. The van der Waals surface area contributed by atoms with Crippen molar-refractivity contribution in [2.24, 2.45) is 0 Å². The topological polar surface area (TPSA) is 98.8 Å². The average molecular weight is 409 g/mol. The van der Waals surface area contributed by atoms with Gasteiger partial charge in [-0.15, -0.1) is 0 Å². The summed E-state index contributed by atoms with van der Waals surface area (Å²) in [7, 11) is -2.27. The quantitative estimate of drug-likeness (QED) is 0.787. The second-order valence-corrected chi connectivity index (χ2v) is 9.19. The van der Waals surface area contributed by atoms with Crippen LogP contribution in [0, 0.1) is 0 Å². The van der Waals surface area contributed by atoms with Crippen LogP contribution in [0.25, 0.3) is 0 Å². The van der Waals surface area contributed by atoms with Gasteiger partial charge in [-0.3, -0.25) is 4.79 Å². The van der Waals surface area contributed by atoms with E-state index in [9.17, 15) is 18.0 Å². The monoisotopic (exact) mass is 408 g/mol. The molecule has 1 aliphatic carbocycles. The molecule has 0 spiro atoms. The summed E-state index contributed by atoms with van der Waals surface area (Å²) in [5.41, 5.74) is 0.330.